The van der Waals surface area contributed by atoms with Crippen molar-refractivity contribution < 1.29 is 0 Å². The zero-order valence-electron chi connectivity index (χ0n) is 9.55. The molecule has 0 bridgehead atoms. The molecule has 0 fully saturated rings. The summed E-state index contributed by atoms with van der Waals surface area (Å²) in [4.78, 5) is 4.01. The average Bonchev–Trinajstić information content (AvgIpc) is 2.60. The number of anilines is 1. The lowest BCUT2D eigenvalue weighted by atomic mass is 10.3. The Morgan fingerprint density at radius 1 is 1.11 bits per heavy atom. The van der Waals surface area contributed by atoms with E-state index in [9.17, 15) is 0 Å². The molecule has 5 heteroatoms. The van der Waals surface area contributed by atoms with E-state index in [0.717, 1.165) is 20.7 Å². The fourth-order valence-corrected chi connectivity index (χ4v) is 2.27. The Morgan fingerprint density at radius 2 is 1.89 bits per heavy atom. The van der Waals surface area contributed by atoms with Crippen LogP contribution < -0.4 is 21.1 Å². The van der Waals surface area contributed by atoms with Gasteiger partial charge < -0.3 is 0 Å². The number of nitrogens with one attached hydrogen (secondary N) is 1. The molecule has 0 atom stereocenters. The van der Waals surface area contributed by atoms with Crippen LogP contribution in [0.1, 0.15) is 0 Å². The molecule has 1 aliphatic heterocycles. The molecule has 1 N–H and O–H groups in total. The number of aromatic nitrogens is 1. The highest BCUT2D eigenvalue weighted by atomic mass is 79.9. The van der Waals surface area contributed by atoms with Gasteiger partial charge in [-0.05, 0) is 18.2 Å². The lowest BCUT2D eigenvalue weighted by molar-refractivity contribution is 0.697. The van der Waals surface area contributed by atoms with Crippen molar-refractivity contribution in [2.45, 2.75) is 0 Å². The average molecular weight is 303 g/mol. The first kappa shape index (κ1) is 11.4. The third-order valence-electron chi connectivity index (χ3n) is 2.70. The van der Waals surface area contributed by atoms with Gasteiger partial charge in [0.1, 0.15) is 0 Å². The summed E-state index contributed by atoms with van der Waals surface area (Å²) in [5.74, 6) is 0. The third-order valence-corrected chi connectivity index (χ3v) is 3.40. The minimum atomic E-state index is 0.697. The Labute approximate surface area is 113 Å². The van der Waals surface area contributed by atoms with E-state index >= 15 is 0 Å². The Hall–Kier alpha value is -1.72. The van der Waals surface area contributed by atoms with Gasteiger partial charge in [-0.3, -0.25) is 4.98 Å². The largest absolute Gasteiger partial charge is 0.265 e. The Bertz CT molecular complexity index is 669. The van der Waals surface area contributed by atoms with E-state index in [2.05, 4.69) is 37.5 Å². The van der Waals surface area contributed by atoms with Gasteiger partial charge in [0.15, 0.2) is 0 Å². The van der Waals surface area contributed by atoms with Crippen LogP contribution in [0.25, 0.3) is 4.48 Å². The molecular weight excluding hydrogens is 292 g/mol. The molecule has 0 amide bonds. The van der Waals surface area contributed by atoms with Crippen LogP contribution in [0.5, 0.6) is 0 Å². The summed E-state index contributed by atoms with van der Waals surface area (Å²) in [7, 11) is 0. The van der Waals surface area contributed by atoms with Crippen LogP contribution in [-0.4, -0.2) is 11.5 Å². The zero-order chi connectivity index (χ0) is 12.4. The number of nitrogens with zero attached hydrogens (tertiary/aromatic N) is 3. The number of rotatable bonds is 1. The van der Waals surface area contributed by atoms with Crippen LogP contribution in [0.2, 0.25) is 0 Å². The number of hydrogen-bond acceptors (Lipinski definition) is 4. The minimum Gasteiger partial charge on any atom is -0.265 e. The number of benzene rings is 1. The number of hydrogen-bond donors (Lipinski definition) is 1. The molecule has 4 nitrogen and oxygen atoms in total. The van der Waals surface area contributed by atoms with Crippen LogP contribution >= 0.6 is 15.9 Å². The van der Waals surface area contributed by atoms with E-state index in [-0.39, 0.29) is 0 Å². The first-order valence-electron chi connectivity index (χ1n) is 5.60. The maximum absolute atomic E-state index is 4.60. The van der Waals surface area contributed by atoms with Crippen LogP contribution in [0.4, 0.5) is 5.69 Å². The van der Waals surface area contributed by atoms with Gasteiger partial charge in [-0.15, -0.1) is 0 Å². The van der Waals surface area contributed by atoms with Crippen molar-refractivity contribution in [2.75, 3.05) is 11.7 Å². The summed E-state index contributed by atoms with van der Waals surface area (Å²) < 4.78 is 1.10. The monoisotopic (exact) mass is 302 g/mol. The van der Waals surface area contributed by atoms with Crippen LogP contribution in [0.3, 0.4) is 0 Å². The summed E-state index contributed by atoms with van der Waals surface area (Å²) in [6.45, 7) is 0.697. The topological polar surface area (TPSA) is 40.5 Å². The van der Waals surface area contributed by atoms with Crippen molar-refractivity contribution in [3.8, 4) is 0 Å². The Balaban J connectivity index is 2.15. The van der Waals surface area contributed by atoms with Gasteiger partial charge in [-0.1, -0.05) is 34.1 Å². The van der Waals surface area contributed by atoms with E-state index in [0.29, 0.717) is 6.54 Å². The fourth-order valence-electron chi connectivity index (χ4n) is 1.81. The Kier molecular flexibility index (Phi) is 3.08. The second kappa shape index (κ2) is 4.88. The van der Waals surface area contributed by atoms with Crippen LogP contribution in [-0.2, 0) is 0 Å². The molecule has 1 aromatic carbocycles. The van der Waals surface area contributed by atoms with Crippen LogP contribution in [0, 0.1) is 0 Å². The molecule has 0 radical (unpaired) electrons. The van der Waals surface area contributed by atoms with Crippen molar-refractivity contribution in [3.63, 3.8) is 0 Å². The fraction of sp³-hybridized carbons (Fsp3) is 0.0769. The van der Waals surface area contributed by atoms with Gasteiger partial charge in [0.2, 0.25) is 0 Å². The van der Waals surface area contributed by atoms with Gasteiger partial charge >= 0.3 is 0 Å². The maximum Gasteiger partial charge on any atom is 0.0932 e. The molecular formula is C13H11BrN4. The minimum absolute atomic E-state index is 0.697. The summed E-state index contributed by atoms with van der Waals surface area (Å²) in [5.41, 5.74) is 4.21. The van der Waals surface area contributed by atoms with Gasteiger partial charge in [0.05, 0.1) is 11.0 Å². The van der Waals surface area contributed by atoms with Crippen molar-refractivity contribution >= 4 is 26.1 Å². The predicted octanol–water partition coefficient (Wildman–Crippen LogP) is 1.14. The normalized spacial score (nSPS) is 14.7. The van der Waals surface area contributed by atoms with Crippen molar-refractivity contribution in [3.05, 3.63) is 59.4 Å². The molecule has 0 saturated carbocycles. The highest BCUT2D eigenvalue weighted by Gasteiger charge is 2.08. The molecule has 0 aliphatic carbocycles. The summed E-state index contributed by atoms with van der Waals surface area (Å²) in [6, 6.07) is 11.9. The molecule has 1 aliphatic rings. The van der Waals surface area contributed by atoms with E-state index in [1.807, 2.05) is 30.3 Å². The lowest BCUT2D eigenvalue weighted by Crippen LogP contribution is -2.34. The second-order valence-electron chi connectivity index (χ2n) is 3.87. The molecule has 2 aromatic rings. The summed E-state index contributed by atoms with van der Waals surface area (Å²) >= 11 is 3.59. The molecule has 0 spiro atoms. The summed E-state index contributed by atoms with van der Waals surface area (Å²) in [6.07, 6.45) is 3.50. The zero-order valence-corrected chi connectivity index (χ0v) is 11.1. The number of pyridine rings is 1. The van der Waals surface area contributed by atoms with Crippen molar-refractivity contribution in [1.29, 1.82) is 0 Å². The van der Waals surface area contributed by atoms with E-state index in [1.165, 1.54) is 0 Å². The quantitative estimate of drug-likeness (QED) is 0.859. The van der Waals surface area contributed by atoms with E-state index in [1.54, 1.807) is 17.5 Å². The molecule has 1 aromatic heterocycles. The number of hydrazine groups is 1. The first-order valence-corrected chi connectivity index (χ1v) is 6.40. The molecule has 0 unspecified atom stereocenters. The SMILES string of the molecule is BrC1=c2ccccc2=NN(c2ccncc2)NC1. The highest BCUT2D eigenvalue weighted by Crippen LogP contribution is 2.11. The van der Waals surface area contributed by atoms with Crippen LogP contribution in [0.15, 0.2) is 53.9 Å². The highest BCUT2D eigenvalue weighted by molar-refractivity contribution is 9.14. The smallest absolute Gasteiger partial charge is 0.0932 e. The standard InChI is InChI=1S/C13H11BrN4/c14-12-9-16-18(10-5-7-15-8-6-10)17-13-4-2-1-3-11(12)13/h1-8,16H,9H2. The van der Waals surface area contributed by atoms with Crippen molar-refractivity contribution in [1.82, 2.24) is 10.4 Å². The Morgan fingerprint density at radius 3 is 2.72 bits per heavy atom. The molecule has 2 heterocycles. The van der Waals surface area contributed by atoms with E-state index < -0.39 is 0 Å². The number of halogens is 1. The van der Waals surface area contributed by atoms with Gasteiger partial charge in [0, 0.05) is 28.6 Å². The van der Waals surface area contributed by atoms with Gasteiger partial charge in [0.25, 0.3) is 0 Å². The lowest BCUT2D eigenvalue weighted by Gasteiger charge is -2.17. The summed E-state index contributed by atoms with van der Waals surface area (Å²) in [5, 5.41) is 8.42. The molecule has 0 saturated heterocycles. The number of fused-ring (bicyclic) bond motifs is 1. The molecule has 3 rings (SSSR count). The predicted molar refractivity (Wildman–Crippen MR) is 74.3 cm³/mol. The van der Waals surface area contributed by atoms with Gasteiger partial charge in [-0.2, -0.15) is 10.2 Å². The van der Waals surface area contributed by atoms with E-state index in [4.69, 9.17) is 0 Å². The van der Waals surface area contributed by atoms with Crippen molar-refractivity contribution in [2.24, 2.45) is 5.10 Å². The third kappa shape index (κ3) is 2.14. The maximum atomic E-state index is 4.60. The molecule has 90 valence electrons. The van der Waals surface area contributed by atoms with Gasteiger partial charge in [-0.25, -0.2) is 5.43 Å². The molecule has 18 heavy (non-hydrogen) atoms. The first-order chi connectivity index (χ1) is 8.84. The second-order valence-corrected chi connectivity index (χ2v) is 4.83.